The summed E-state index contributed by atoms with van der Waals surface area (Å²) in [4.78, 5) is 22.1. The Morgan fingerprint density at radius 2 is 2.26 bits per heavy atom. The van der Waals surface area contributed by atoms with E-state index in [0.29, 0.717) is 0 Å². The van der Waals surface area contributed by atoms with Gasteiger partial charge in [0.2, 0.25) is 10.5 Å². The topological polar surface area (TPSA) is 136 Å². The first kappa shape index (κ1) is 16.3. The van der Waals surface area contributed by atoms with Gasteiger partial charge in [0.05, 0.1) is 18.2 Å². The van der Waals surface area contributed by atoms with Crippen LogP contribution in [0.15, 0.2) is 22.0 Å². The molecule has 0 aliphatic heterocycles. The molecule has 0 saturated carbocycles. The van der Waals surface area contributed by atoms with E-state index in [-0.39, 0.29) is 21.8 Å². The van der Waals surface area contributed by atoms with Crippen molar-refractivity contribution < 1.29 is 14.8 Å². The number of methoxy groups -OCH3 is 1. The fraction of sp³-hybridized carbons (Fsp3) is 0.167. The molecule has 0 bridgehead atoms. The van der Waals surface area contributed by atoms with Crippen molar-refractivity contribution in [2.75, 3.05) is 7.11 Å². The minimum atomic E-state index is -0.760. The zero-order valence-electron chi connectivity index (χ0n) is 12.0. The minimum Gasteiger partial charge on any atom is -0.500 e. The number of aromatic hydroxyl groups is 1. The van der Waals surface area contributed by atoms with Crippen molar-refractivity contribution in [1.29, 1.82) is 0 Å². The van der Waals surface area contributed by atoms with E-state index in [1.807, 2.05) is 0 Å². The summed E-state index contributed by atoms with van der Waals surface area (Å²) in [6, 6.07) is 2.42. The molecule has 2 rings (SSSR count). The maximum absolute atomic E-state index is 11.9. The van der Waals surface area contributed by atoms with Crippen LogP contribution >= 0.6 is 12.2 Å². The number of rotatable bonds is 4. The molecule has 23 heavy (non-hydrogen) atoms. The van der Waals surface area contributed by atoms with Gasteiger partial charge in [-0.1, -0.05) is 0 Å². The zero-order valence-corrected chi connectivity index (χ0v) is 12.8. The number of nitrogens with zero attached hydrogens (tertiary/aromatic N) is 4. The summed E-state index contributed by atoms with van der Waals surface area (Å²) in [7, 11) is 1.26. The van der Waals surface area contributed by atoms with Crippen LogP contribution in [0.4, 0.5) is 5.69 Å². The van der Waals surface area contributed by atoms with E-state index < -0.39 is 21.9 Å². The van der Waals surface area contributed by atoms with E-state index in [0.717, 1.165) is 10.7 Å². The fourth-order valence-corrected chi connectivity index (χ4v) is 1.86. The molecular formula is C12H11N5O5S. The number of nitro benzene ring substituents is 1. The van der Waals surface area contributed by atoms with E-state index in [4.69, 9.17) is 17.0 Å². The summed E-state index contributed by atoms with van der Waals surface area (Å²) in [5.74, 6) is -0.687. The van der Waals surface area contributed by atoms with Crippen molar-refractivity contribution in [3.05, 3.63) is 48.6 Å². The van der Waals surface area contributed by atoms with Crippen molar-refractivity contribution in [2.45, 2.75) is 6.92 Å². The number of H-pyrrole nitrogens is 1. The first-order valence-electron chi connectivity index (χ1n) is 6.13. The predicted molar refractivity (Wildman–Crippen MR) is 82.7 cm³/mol. The number of aromatic nitrogens is 3. The molecule has 2 N–H and O–H groups in total. The van der Waals surface area contributed by atoms with Gasteiger partial charge in [-0.25, -0.2) is 0 Å². The quantitative estimate of drug-likeness (QED) is 0.369. The Morgan fingerprint density at radius 1 is 1.57 bits per heavy atom. The molecule has 0 aliphatic rings. The van der Waals surface area contributed by atoms with Gasteiger partial charge in [-0.05, 0) is 25.2 Å². The van der Waals surface area contributed by atoms with Crippen LogP contribution in [0.1, 0.15) is 11.3 Å². The number of hydrogen-bond donors (Lipinski definition) is 2. The smallest absolute Gasteiger partial charge is 0.315 e. The molecule has 0 fully saturated rings. The molecule has 1 aromatic carbocycles. The van der Waals surface area contributed by atoms with E-state index in [1.54, 1.807) is 0 Å². The van der Waals surface area contributed by atoms with Crippen molar-refractivity contribution in [1.82, 2.24) is 14.9 Å². The Balaban J connectivity index is 2.55. The van der Waals surface area contributed by atoms with Crippen LogP contribution in [0.5, 0.6) is 11.5 Å². The number of phenolic OH excluding ortho intramolecular Hbond substituents is 1. The van der Waals surface area contributed by atoms with Crippen LogP contribution in [0.3, 0.4) is 0 Å². The van der Waals surface area contributed by atoms with Gasteiger partial charge in [0.15, 0.2) is 5.75 Å². The molecule has 0 saturated heterocycles. The van der Waals surface area contributed by atoms with Crippen molar-refractivity contribution in [3.63, 3.8) is 0 Å². The maximum Gasteiger partial charge on any atom is 0.315 e. The Labute approximate surface area is 133 Å². The molecule has 0 radical (unpaired) electrons. The van der Waals surface area contributed by atoms with Crippen molar-refractivity contribution in [2.24, 2.45) is 5.10 Å². The minimum absolute atomic E-state index is 0.0305. The number of nitrogens with one attached hydrogen (secondary N) is 1. The van der Waals surface area contributed by atoms with Crippen molar-refractivity contribution >= 4 is 24.1 Å². The highest BCUT2D eigenvalue weighted by Gasteiger charge is 2.19. The lowest BCUT2D eigenvalue weighted by Gasteiger charge is -2.05. The highest BCUT2D eigenvalue weighted by Crippen LogP contribution is 2.36. The Hall–Kier alpha value is -3.08. The molecule has 120 valence electrons. The lowest BCUT2D eigenvalue weighted by Crippen LogP contribution is -2.22. The molecule has 0 aliphatic carbocycles. The van der Waals surface area contributed by atoms with Gasteiger partial charge in [0.25, 0.3) is 5.56 Å². The summed E-state index contributed by atoms with van der Waals surface area (Å²) in [5.41, 5.74) is -0.674. The molecular weight excluding hydrogens is 326 g/mol. The number of nitro groups is 1. The van der Waals surface area contributed by atoms with Crippen LogP contribution in [-0.2, 0) is 0 Å². The fourth-order valence-electron chi connectivity index (χ4n) is 1.68. The van der Waals surface area contributed by atoms with Gasteiger partial charge in [0, 0.05) is 11.6 Å². The summed E-state index contributed by atoms with van der Waals surface area (Å²) >= 11 is 4.91. The molecule has 11 heteroatoms. The van der Waals surface area contributed by atoms with Gasteiger partial charge in [-0.2, -0.15) is 14.9 Å². The molecule has 0 amide bonds. The number of aromatic amines is 1. The number of hydrogen-bond acceptors (Lipinski definition) is 8. The Morgan fingerprint density at radius 3 is 2.87 bits per heavy atom. The highest BCUT2D eigenvalue weighted by molar-refractivity contribution is 7.71. The number of phenols is 1. The molecule has 0 spiro atoms. The third-order valence-corrected chi connectivity index (χ3v) is 3.09. The van der Waals surface area contributed by atoms with E-state index >= 15 is 0 Å². The second-order valence-electron chi connectivity index (χ2n) is 4.32. The molecule has 0 unspecified atom stereocenters. The summed E-state index contributed by atoms with van der Waals surface area (Å²) in [6.07, 6.45) is 1.18. The van der Waals surface area contributed by atoms with Gasteiger partial charge in [-0.15, -0.1) is 0 Å². The second kappa shape index (κ2) is 6.36. The third-order valence-electron chi connectivity index (χ3n) is 2.83. The number of ether oxygens (including phenoxy) is 1. The summed E-state index contributed by atoms with van der Waals surface area (Å²) in [5, 5.41) is 30.7. The summed E-state index contributed by atoms with van der Waals surface area (Å²) in [6.45, 7) is 1.48. The van der Waals surface area contributed by atoms with Crippen molar-refractivity contribution in [3.8, 4) is 11.5 Å². The zero-order chi connectivity index (χ0) is 17.1. The van der Waals surface area contributed by atoms with E-state index in [2.05, 4.69) is 15.3 Å². The molecule has 1 aromatic heterocycles. The number of benzene rings is 1. The van der Waals surface area contributed by atoms with Gasteiger partial charge < -0.3 is 9.84 Å². The standard InChI is InChI=1S/C12H11N5O5S/c1-6-11(19)16(12(23)15-14-6)13-5-7-3-8(17(20)21)10(18)9(4-7)22-2/h3-5,18H,1-2H3,(H,15,23)/b13-5+. The SMILES string of the molecule is COc1cc(/C=N/n2c(=S)[nH]nc(C)c2=O)cc([N+](=O)[O-])c1O. The van der Waals surface area contributed by atoms with Crippen LogP contribution < -0.4 is 10.3 Å². The van der Waals surface area contributed by atoms with Crippen LogP contribution in [0.25, 0.3) is 0 Å². The van der Waals surface area contributed by atoms with Gasteiger partial charge in [0.1, 0.15) is 5.69 Å². The maximum atomic E-state index is 11.9. The highest BCUT2D eigenvalue weighted by atomic mass is 32.1. The molecule has 2 aromatic rings. The monoisotopic (exact) mass is 337 g/mol. The van der Waals surface area contributed by atoms with Crippen LogP contribution in [-0.4, -0.2) is 38.2 Å². The normalized spacial score (nSPS) is 10.9. The third kappa shape index (κ3) is 3.23. The average Bonchev–Trinajstić information content (AvgIpc) is 2.52. The van der Waals surface area contributed by atoms with E-state index in [1.165, 1.54) is 26.3 Å². The molecule has 10 nitrogen and oxygen atoms in total. The number of aryl methyl sites for hydroxylation is 1. The first-order chi connectivity index (χ1) is 10.8. The molecule has 0 atom stereocenters. The van der Waals surface area contributed by atoms with Gasteiger partial charge in [-0.3, -0.25) is 20.0 Å². The van der Waals surface area contributed by atoms with Crippen LogP contribution in [0, 0.1) is 21.8 Å². The van der Waals surface area contributed by atoms with Gasteiger partial charge >= 0.3 is 5.69 Å². The largest absolute Gasteiger partial charge is 0.500 e. The van der Waals surface area contributed by atoms with Crippen LogP contribution in [0.2, 0.25) is 0 Å². The summed E-state index contributed by atoms with van der Waals surface area (Å²) < 4.78 is 5.73. The Kier molecular flexibility index (Phi) is 4.50. The Bertz CT molecular complexity index is 917. The predicted octanol–water partition coefficient (Wildman–Crippen LogP) is 1.11. The lowest BCUT2D eigenvalue weighted by atomic mass is 10.2. The van der Waals surface area contributed by atoms with E-state index in [9.17, 15) is 20.0 Å². The molecule has 1 heterocycles. The first-order valence-corrected chi connectivity index (χ1v) is 6.54. The lowest BCUT2D eigenvalue weighted by molar-refractivity contribution is -0.386. The second-order valence-corrected chi connectivity index (χ2v) is 4.71. The average molecular weight is 337 g/mol.